The molecule has 3 aromatic rings. The molecule has 1 aliphatic carbocycles. The van der Waals surface area contributed by atoms with Crippen molar-refractivity contribution in [3.8, 4) is 17.2 Å². The van der Waals surface area contributed by atoms with Gasteiger partial charge in [0.15, 0.2) is 0 Å². The quantitative estimate of drug-likeness (QED) is 0.395. The first-order chi connectivity index (χ1) is 17.4. The fourth-order valence-electron chi connectivity index (χ4n) is 4.24. The second-order valence-corrected chi connectivity index (χ2v) is 8.68. The Morgan fingerprint density at radius 1 is 0.972 bits per heavy atom. The minimum absolute atomic E-state index is 0.186. The van der Waals surface area contributed by atoms with E-state index in [4.69, 9.17) is 18.9 Å². The van der Waals surface area contributed by atoms with E-state index in [1.807, 2.05) is 24.3 Å². The van der Waals surface area contributed by atoms with Crippen molar-refractivity contribution < 1.29 is 28.5 Å². The Labute approximate surface area is 210 Å². The summed E-state index contributed by atoms with van der Waals surface area (Å²) in [6.45, 7) is 0.438. The number of hydrogen-bond acceptors (Lipinski definition) is 7. The van der Waals surface area contributed by atoms with Crippen molar-refractivity contribution in [3.63, 3.8) is 0 Å². The molecule has 0 aliphatic heterocycles. The second kappa shape index (κ2) is 10.7. The fourth-order valence-corrected chi connectivity index (χ4v) is 4.24. The molecule has 36 heavy (non-hydrogen) atoms. The summed E-state index contributed by atoms with van der Waals surface area (Å²) in [5.74, 6) is 1.34. The smallest absolute Gasteiger partial charge is 0.341 e. The monoisotopic (exact) mass is 493 g/mol. The highest BCUT2D eigenvalue weighted by Gasteiger charge is 2.30. The first-order valence-corrected chi connectivity index (χ1v) is 11.7. The van der Waals surface area contributed by atoms with Crippen LogP contribution in [0, 0.1) is 0 Å². The van der Waals surface area contributed by atoms with Gasteiger partial charge in [0.1, 0.15) is 28.5 Å². The molecule has 1 aromatic heterocycles. The third kappa shape index (κ3) is 5.15. The van der Waals surface area contributed by atoms with Crippen LogP contribution in [0.4, 0.5) is 0 Å². The van der Waals surface area contributed by atoms with Gasteiger partial charge in [-0.2, -0.15) is 5.10 Å². The number of methoxy groups -OCH3 is 4. The molecule has 0 spiro atoms. The molecule has 1 aliphatic rings. The van der Waals surface area contributed by atoms with Crippen LogP contribution in [0.15, 0.2) is 42.5 Å². The molecular weight excluding hydrogens is 462 g/mol. The van der Waals surface area contributed by atoms with Crippen LogP contribution >= 0.6 is 0 Å². The van der Waals surface area contributed by atoms with Crippen LogP contribution in [-0.4, -0.2) is 55.0 Å². The highest BCUT2D eigenvalue weighted by atomic mass is 16.5. The Morgan fingerprint density at radius 2 is 1.72 bits per heavy atom. The van der Waals surface area contributed by atoms with E-state index in [-0.39, 0.29) is 19.0 Å². The molecule has 0 N–H and O–H groups in total. The van der Waals surface area contributed by atoms with Crippen LogP contribution in [0.5, 0.6) is 17.2 Å². The molecule has 1 amide bonds. The first kappa shape index (κ1) is 25.1. The van der Waals surface area contributed by atoms with E-state index in [1.165, 1.54) is 14.2 Å². The number of amides is 1. The van der Waals surface area contributed by atoms with Crippen molar-refractivity contribution >= 4 is 11.9 Å². The van der Waals surface area contributed by atoms with E-state index < -0.39 is 5.97 Å². The highest BCUT2D eigenvalue weighted by molar-refractivity contribution is 5.94. The van der Waals surface area contributed by atoms with Gasteiger partial charge in [-0.15, -0.1) is 0 Å². The molecule has 4 rings (SSSR count). The summed E-state index contributed by atoms with van der Waals surface area (Å²) in [6.07, 6.45) is 2.18. The molecule has 190 valence electrons. The van der Waals surface area contributed by atoms with Gasteiger partial charge >= 0.3 is 5.97 Å². The van der Waals surface area contributed by atoms with Gasteiger partial charge in [-0.1, -0.05) is 12.1 Å². The van der Waals surface area contributed by atoms with Crippen LogP contribution in [0.2, 0.25) is 0 Å². The minimum Gasteiger partial charge on any atom is -0.497 e. The third-order valence-electron chi connectivity index (χ3n) is 6.32. The maximum atomic E-state index is 13.9. The average Bonchev–Trinajstić information content (AvgIpc) is 3.68. The maximum absolute atomic E-state index is 13.9. The standard InChI is InChI=1S/C27H31N3O6/c1-29-23(14-22(28-29)17-9-10-17)26(31)30(15-18-11-12-20(33-2)13-24(18)34-3)16-19-7-6-8-21(25(19)35-4)27(32)36-5/h6-8,11-14,17H,9-10,15-16H2,1-5H3. The van der Waals surface area contributed by atoms with Crippen molar-refractivity contribution in [2.75, 3.05) is 28.4 Å². The van der Waals surface area contributed by atoms with Gasteiger partial charge in [0.05, 0.1) is 47.2 Å². The first-order valence-electron chi connectivity index (χ1n) is 11.7. The number of ether oxygens (including phenoxy) is 4. The molecule has 1 heterocycles. The highest BCUT2D eigenvalue weighted by Crippen LogP contribution is 2.39. The number of carbonyl (C=O) groups is 2. The van der Waals surface area contributed by atoms with Crippen LogP contribution in [-0.2, 0) is 24.9 Å². The van der Waals surface area contributed by atoms with Gasteiger partial charge in [-0.25, -0.2) is 4.79 Å². The van der Waals surface area contributed by atoms with Crippen molar-refractivity contribution in [1.82, 2.24) is 14.7 Å². The number of hydrogen-bond donors (Lipinski definition) is 0. The minimum atomic E-state index is -0.510. The molecular formula is C27H31N3O6. The largest absolute Gasteiger partial charge is 0.497 e. The van der Waals surface area contributed by atoms with Crippen LogP contribution in [0.25, 0.3) is 0 Å². The van der Waals surface area contributed by atoms with E-state index >= 15 is 0 Å². The Bertz CT molecular complexity index is 1260. The lowest BCUT2D eigenvalue weighted by Crippen LogP contribution is -2.32. The molecule has 0 unspecified atom stereocenters. The summed E-state index contributed by atoms with van der Waals surface area (Å²) in [6, 6.07) is 12.6. The topological polar surface area (TPSA) is 92.1 Å². The van der Waals surface area contributed by atoms with Crippen molar-refractivity contribution in [2.24, 2.45) is 7.05 Å². The molecule has 2 aromatic carbocycles. The molecule has 0 bridgehead atoms. The van der Waals surface area contributed by atoms with E-state index in [0.29, 0.717) is 40.0 Å². The van der Waals surface area contributed by atoms with Crippen LogP contribution in [0.1, 0.15) is 56.4 Å². The molecule has 1 saturated carbocycles. The Hall–Kier alpha value is -4.01. The zero-order valence-electron chi connectivity index (χ0n) is 21.2. The van der Waals surface area contributed by atoms with Crippen molar-refractivity contribution in [1.29, 1.82) is 0 Å². The van der Waals surface area contributed by atoms with Crippen LogP contribution in [0.3, 0.4) is 0 Å². The number of para-hydroxylation sites is 1. The van der Waals surface area contributed by atoms with Crippen molar-refractivity contribution in [3.05, 3.63) is 70.5 Å². The SMILES string of the molecule is COC(=O)c1cccc(CN(Cc2ccc(OC)cc2OC)C(=O)c2cc(C3CC3)nn2C)c1OC. The molecule has 0 radical (unpaired) electrons. The number of rotatable bonds is 10. The third-order valence-corrected chi connectivity index (χ3v) is 6.32. The summed E-state index contributed by atoms with van der Waals surface area (Å²) in [7, 11) is 7.76. The second-order valence-electron chi connectivity index (χ2n) is 8.68. The maximum Gasteiger partial charge on any atom is 0.341 e. The Kier molecular flexibility index (Phi) is 7.47. The number of benzene rings is 2. The van der Waals surface area contributed by atoms with Crippen molar-refractivity contribution in [2.45, 2.75) is 31.8 Å². The molecule has 1 fully saturated rings. The number of esters is 1. The van der Waals surface area contributed by atoms with E-state index in [0.717, 1.165) is 24.1 Å². The molecule has 0 atom stereocenters. The molecule has 9 heteroatoms. The lowest BCUT2D eigenvalue weighted by molar-refractivity contribution is 0.0596. The number of carbonyl (C=O) groups excluding carboxylic acids is 2. The van der Waals surface area contributed by atoms with E-state index in [9.17, 15) is 9.59 Å². The average molecular weight is 494 g/mol. The fraction of sp³-hybridized carbons (Fsp3) is 0.370. The Morgan fingerprint density at radius 3 is 2.36 bits per heavy atom. The number of aryl methyl sites for hydroxylation is 1. The lowest BCUT2D eigenvalue weighted by atomic mass is 10.1. The van der Waals surface area contributed by atoms with Crippen LogP contribution < -0.4 is 14.2 Å². The number of aromatic nitrogens is 2. The zero-order chi connectivity index (χ0) is 25.8. The summed E-state index contributed by atoms with van der Waals surface area (Å²) in [4.78, 5) is 27.9. The van der Waals surface area contributed by atoms with Gasteiger partial charge in [-0.3, -0.25) is 9.48 Å². The number of nitrogens with zero attached hydrogens (tertiary/aromatic N) is 3. The normalized spacial score (nSPS) is 12.7. The summed E-state index contributed by atoms with van der Waals surface area (Å²) in [5, 5.41) is 4.57. The van der Waals surface area contributed by atoms with Gasteiger partial charge in [0.25, 0.3) is 5.91 Å². The predicted octanol–water partition coefficient (Wildman–Crippen LogP) is 3.95. The zero-order valence-corrected chi connectivity index (χ0v) is 21.2. The summed E-state index contributed by atoms with van der Waals surface area (Å²) < 4.78 is 23.0. The van der Waals surface area contributed by atoms with Gasteiger partial charge in [0.2, 0.25) is 0 Å². The summed E-state index contributed by atoms with van der Waals surface area (Å²) >= 11 is 0. The Balaban J connectivity index is 1.73. The van der Waals surface area contributed by atoms with Gasteiger partial charge in [0, 0.05) is 30.2 Å². The lowest BCUT2D eigenvalue weighted by Gasteiger charge is -2.25. The predicted molar refractivity (Wildman–Crippen MR) is 133 cm³/mol. The van der Waals surface area contributed by atoms with Gasteiger partial charge < -0.3 is 23.8 Å². The summed E-state index contributed by atoms with van der Waals surface area (Å²) in [5.41, 5.74) is 3.20. The van der Waals surface area contributed by atoms with E-state index in [1.54, 1.807) is 49.0 Å². The van der Waals surface area contributed by atoms with Gasteiger partial charge in [-0.05, 0) is 37.1 Å². The molecule has 9 nitrogen and oxygen atoms in total. The molecule has 0 saturated heterocycles. The van der Waals surface area contributed by atoms with E-state index in [2.05, 4.69) is 5.10 Å².